The molecular formula is C21H25N. The van der Waals surface area contributed by atoms with Crippen LogP contribution in [0.25, 0.3) is 5.70 Å². The lowest BCUT2D eigenvalue weighted by Gasteiger charge is -2.39. The first-order valence-electron chi connectivity index (χ1n) is 8.20. The molecule has 0 saturated heterocycles. The first-order valence-corrected chi connectivity index (χ1v) is 8.20. The third-order valence-corrected chi connectivity index (χ3v) is 4.64. The smallest absolute Gasteiger partial charge is 0.0491 e. The summed E-state index contributed by atoms with van der Waals surface area (Å²) in [7, 11) is 0. The first kappa shape index (κ1) is 14.9. The van der Waals surface area contributed by atoms with E-state index in [1.54, 1.807) is 0 Å². The van der Waals surface area contributed by atoms with Gasteiger partial charge in [-0.3, -0.25) is 0 Å². The molecule has 1 aromatic rings. The van der Waals surface area contributed by atoms with Crippen LogP contribution in [0.3, 0.4) is 0 Å². The molecule has 1 aromatic carbocycles. The van der Waals surface area contributed by atoms with Crippen LogP contribution in [0.5, 0.6) is 0 Å². The molecule has 2 aliphatic heterocycles. The molecule has 1 atom stereocenters. The monoisotopic (exact) mass is 291 g/mol. The number of fused-ring (bicyclic) bond motifs is 3. The Morgan fingerprint density at radius 1 is 1.36 bits per heavy atom. The average Bonchev–Trinajstić information content (AvgIpc) is 2.46. The van der Waals surface area contributed by atoms with Crippen LogP contribution in [-0.2, 0) is 12.8 Å². The Bertz CT molecular complexity index is 703. The van der Waals surface area contributed by atoms with Crippen molar-refractivity contribution in [1.82, 2.24) is 4.90 Å². The zero-order valence-corrected chi connectivity index (χ0v) is 13.9. The van der Waals surface area contributed by atoms with Crippen LogP contribution in [0, 0.1) is 0 Å². The summed E-state index contributed by atoms with van der Waals surface area (Å²) in [6.45, 7) is 14.9. The molecule has 1 unspecified atom stereocenters. The van der Waals surface area contributed by atoms with Gasteiger partial charge in [-0.15, -0.1) is 0 Å². The van der Waals surface area contributed by atoms with Gasteiger partial charge >= 0.3 is 0 Å². The molecule has 0 spiro atoms. The molecule has 0 radical (unpaired) electrons. The fourth-order valence-electron chi connectivity index (χ4n) is 3.50. The zero-order valence-electron chi connectivity index (χ0n) is 13.9. The highest BCUT2D eigenvalue weighted by Gasteiger charge is 2.28. The number of benzene rings is 1. The summed E-state index contributed by atoms with van der Waals surface area (Å²) in [5.41, 5.74) is 8.88. The standard InChI is InChI=1S/C21H25N/c1-6-7-17-8-9-19-18(12-17)11-16(5)22-13-20(14(2)3)15(4)10-21(19)22/h8-10,12-13,16H,2,4,6-7,11H2,1,3,5H3. The van der Waals surface area contributed by atoms with E-state index >= 15 is 0 Å². The molecule has 1 heteroatoms. The third kappa shape index (κ3) is 2.45. The molecule has 22 heavy (non-hydrogen) atoms. The average molecular weight is 291 g/mol. The minimum atomic E-state index is 0.470. The molecule has 0 saturated carbocycles. The number of rotatable bonds is 3. The maximum atomic E-state index is 4.22. The van der Waals surface area contributed by atoms with Gasteiger partial charge in [0, 0.05) is 23.5 Å². The molecule has 0 amide bonds. The molecule has 3 rings (SSSR count). The van der Waals surface area contributed by atoms with Gasteiger partial charge in [-0.1, -0.05) is 44.7 Å². The number of nitrogens with zero attached hydrogens (tertiary/aromatic N) is 1. The molecule has 2 aliphatic rings. The van der Waals surface area contributed by atoms with E-state index in [2.05, 4.69) is 69.3 Å². The van der Waals surface area contributed by atoms with Gasteiger partial charge in [0.1, 0.15) is 0 Å². The highest BCUT2D eigenvalue weighted by Crippen LogP contribution is 2.39. The van der Waals surface area contributed by atoms with Crippen molar-refractivity contribution in [2.24, 2.45) is 0 Å². The third-order valence-electron chi connectivity index (χ3n) is 4.64. The molecule has 0 bridgehead atoms. The maximum Gasteiger partial charge on any atom is 0.0491 e. The van der Waals surface area contributed by atoms with Crippen molar-refractivity contribution in [2.45, 2.75) is 46.1 Å². The van der Waals surface area contributed by atoms with E-state index in [9.17, 15) is 0 Å². The highest BCUT2D eigenvalue weighted by atomic mass is 15.2. The summed E-state index contributed by atoms with van der Waals surface area (Å²) in [5.74, 6) is 0. The summed E-state index contributed by atoms with van der Waals surface area (Å²) >= 11 is 0. The second kappa shape index (κ2) is 5.64. The van der Waals surface area contributed by atoms with Gasteiger partial charge in [0.15, 0.2) is 0 Å². The van der Waals surface area contributed by atoms with Crippen LogP contribution in [-0.4, -0.2) is 10.9 Å². The van der Waals surface area contributed by atoms with Gasteiger partial charge in [-0.05, 0) is 60.6 Å². The molecule has 1 nitrogen and oxygen atoms in total. The predicted octanol–water partition coefficient (Wildman–Crippen LogP) is 5.26. The van der Waals surface area contributed by atoms with E-state index in [-0.39, 0.29) is 0 Å². The van der Waals surface area contributed by atoms with Gasteiger partial charge in [-0.2, -0.15) is 0 Å². The van der Waals surface area contributed by atoms with Crippen molar-refractivity contribution in [3.8, 4) is 0 Å². The summed E-state index contributed by atoms with van der Waals surface area (Å²) in [4.78, 5) is 2.39. The Balaban J connectivity index is 2.05. The summed E-state index contributed by atoms with van der Waals surface area (Å²) in [6.07, 6.45) is 7.91. The first-order chi connectivity index (χ1) is 10.5. The zero-order chi connectivity index (χ0) is 15.9. The number of allylic oxidation sites excluding steroid dienone is 4. The Morgan fingerprint density at radius 2 is 2.14 bits per heavy atom. The van der Waals surface area contributed by atoms with Crippen molar-refractivity contribution in [1.29, 1.82) is 0 Å². The van der Waals surface area contributed by atoms with E-state index in [0.717, 1.165) is 24.0 Å². The van der Waals surface area contributed by atoms with Crippen LogP contribution in [0.1, 0.15) is 43.9 Å². The lowest BCUT2D eigenvalue weighted by Crippen LogP contribution is -2.35. The van der Waals surface area contributed by atoms with E-state index in [1.165, 1.54) is 34.4 Å². The second-order valence-electron chi connectivity index (χ2n) is 6.58. The number of hydrogen-bond donors (Lipinski definition) is 0. The Kier molecular flexibility index (Phi) is 3.82. The van der Waals surface area contributed by atoms with Crippen molar-refractivity contribution >= 4 is 5.70 Å². The Hall–Kier alpha value is -2.02. The fraction of sp³-hybridized carbons (Fsp3) is 0.333. The number of hydrogen-bond acceptors (Lipinski definition) is 1. The largest absolute Gasteiger partial charge is 0.344 e. The van der Waals surface area contributed by atoms with E-state index < -0.39 is 0 Å². The minimum absolute atomic E-state index is 0.470. The molecule has 114 valence electrons. The van der Waals surface area contributed by atoms with Crippen LogP contribution >= 0.6 is 0 Å². The highest BCUT2D eigenvalue weighted by molar-refractivity contribution is 5.76. The van der Waals surface area contributed by atoms with Gasteiger partial charge < -0.3 is 4.90 Å². The van der Waals surface area contributed by atoms with E-state index in [0.29, 0.717) is 6.04 Å². The quantitative estimate of drug-likeness (QED) is 0.734. The molecule has 0 fully saturated rings. The Labute approximate surface area is 134 Å². The van der Waals surface area contributed by atoms with Crippen molar-refractivity contribution in [3.63, 3.8) is 0 Å². The van der Waals surface area contributed by atoms with Crippen molar-refractivity contribution in [3.05, 3.63) is 77.0 Å². The van der Waals surface area contributed by atoms with Crippen LogP contribution in [0.2, 0.25) is 0 Å². The lowest BCUT2D eigenvalue weighted by atomic mass is 9.86. The van der Waals surface area contributed by atoms with Gasteiger partial charge in [-0.25, -0.2) is 0 Å². The molecular weight excluding hydrogens is 266 g/mol. The predicted molar refractivity (Wildman–Crippen MR) is 95.5 cm³/mol. The van der Waals surface area contributed by atoms with Crippen LogP contribution in [0.4, 0.5) is 0 Å². The Morgan fingerprint density at radius 3 is 2.82 bits per heavy atom. The van der Waals surface area contributed by atoms with Gasteiger partial charge in [0.2, 0.25) is 0 Å². The maximum absolute atomic E-state index is 4.22. The SMILES string of the molecule is C=C(C)C1=CN2C(=CC1=C)c1ccc(CCC)cc1CC2C. The van der Waals surface area contributed by atoms with Crippen LogP contribution < -0.4 is 0 Å². The van der Waals surface area contributed by atoms with Gasteiger partial charge in [0.05, 0.1) is 0 Å². The molecule has 2 heterocycles. The molecule has 0 aromatic heterocycles. The number of aryl methyl sites for hydroxylation is 1. The second-order valence-corrected chi connectivity index (χ2v) is 6.58. The molecule has 0 aliphatic carbocycles. The summed E-state index contributed by atoms with van der Waals surface area (Å²) in [5, 5.41) is 0. The summed E-state index contributed by atoms with van der Waals surface area (Å²) < 4.78 is 0. The topological polar surface area (TPSA) is 3.24 Å². The van der Waals surface area contributed by atoms with E-state index in [4.69, 9.17) is 0 Å². The van der Waals surface area contributed by atoms with Crippen molar-refractivity contribution < 1.29 is 0 Å². The summed E-state index contributed by atoms with van der Waals surface area (Å²) in [6, 6.07) is 7.43. The van der Waals surface area contributed by atoms with Gasteiger partial charge in [0.25, 0.3) is 0 Å². The fourth-order valence-corrected chi connectivity index (χ4v) is 3.50. The minimum Gasteiger partial charge on any atom is -0.344 e. The lowest BCUT2D eigenvalue weighted by molar-refractivity contribution is 0.388. The van der Waals surface area contributed by atoms with Crippen molar-refractivity contribution in [2.75, 3.05) is 0 Å². The normalized spacial score (nSPS) is 20.0. The molecule has 0 N–H and O–H groups in total. The van der Waals surface area contributed by atoms with Crippen LogP contribution in [0.15, 0.2) is 60.4 Å². The van der Waals surface area contributed by atoms with E-state index in [1.807, 2.05) is 0 Å².